The third-order valence-electron chi connectivity index (χ3n) is 2.77. The average Bonchev–Trinajstić information content (AvgIpc) is 2.68. The Labute approximate surface area is 108 Å². The van der Waals surface area contributed by atoms with Crippen LogP contribution in [0.15, 0.2) is 42.6 Å². The van der Waals surface area contributed by atoms with E-state index < -0.39 is 5.82 Å². The summed E-state index contributed by atoms with van der Waals surface area (Å²) in [6.07, 6.45) is 1.77. The highest BCUT2D eigenvalue weighted by molar-refractivity contribution is 6.33. The summed E-state index contributed by atoms with van der Waals surface area (Å²) in [5.74, 6) is -0.0600. The fourth-order valence-corrected chi connectivity index (χ4v) is 2.18. The van der Waals surface area contributed by atoms with Gasteiger partial charge in [0.2, 0.25) is 0 Å². The van der Waals surface area contributed by atoms with Crippen LogP contribution in [0.5, 0.6) is 0 Å². The number of rotatable bonds is 1. The van der Waals surface area contributed by atoms with Crippen LogP contribution in [-0.2, 0) is 0 Å². The van der Waals surface area contributed by atoms with Crippen molar-refractivity contribution < 1.29 is 4.39 Å². The number of anilines is 1. The van der Waals surface area contributed by atoms with E-state index in [4.69, 9.17) is 17.3 Å². The third-order valence-corrected chi connectivity index (χ3v) is 3.08. The molecular weight excluding hydrogens is 253 g/mol. The lowest BCUT2D eigenvalue weighted by atomic mass is 10.1. The molecule has 3 rings (SSSR count). The lowest BCUT2D eigenvalue weighted by Crippen LogP contribution is -1.95. The Morgan fingerprint density at radius 3 is 2.72 bits per heavy atom. The number of hydrogen-bond donors (Lipinski definition) is 1. The SMILES string of the molecule is Nc1c(-c2c(F)cccc2Cl)nc2ccccn12. The van der Waals surface area contributed by atoms with Gasteiger partial charge in [0.05, 0.1) is 10.6 Å². The van der Waals surface area contributed by atoms with Crippen LogP contribution in [0.4, 0.5) is 10.2 Å². The summed E-state index contributed by atoms with van der Waals surface area (Å²) >= 11 is 6.02. The minimum atomic E-state index is -0.433. The van der Waals surface area contributed by atoms with Crippen molar-refractivity contribution in [3.05, 3.63) is 53.4 Å². The monoisotopic (exact) mass is 261 g/mol. The molecule has 1 aromatic carbocycles. The second kappa shape index (κ2) is 3.99. The van der Waals surface area contributed by atoms with Crippen LogP contribution < -0.4 is 5.73 Å². The van der Waals surface area contributed by atoms with Crippen molar-refractivity contribution in [1.82, 2.24) is 9.38 Å². The summed E-state index contributed by atoms with van der Waals surface area (Å²) in [6.45, 7) is 0. The number of aromatic nitrogens is 2. The van der Waals surface area contributed by atoms with Gasteiger partial charge in [-0.05, 0) is 24.3 Å². The Kier molecular flexibility index (Phi) is 2.45. The Morgan fingerprint density at radius 1 is 1.17 bits per heavy atom. The van der Waals surface area contributed by atoms with Crippen molar-refractivity contribution in [2.45, 2.75) is 0 Å². The van der Waals surface area contributed by atoms with Gasteiger partial charge >= 0.3 is 0 Å². The normalized spacial score (nSPS) is 11.0. The number of nitrogens with zero attached hydrogens (tertiary/aromatic N) is 2. The van der Waals surface area contributed by atoms with Crippen LogP contribution in [0.25, 0.3) is 16.9 Å². The summed E-state index contributed by atoms with van der Waals surface area (Å²) in [7, 11) is 0. The van der Waals surface area contributed by atoms with E-state index in [0.717, 1.165) is 0 Å². The molecule has 0 saturated carbocycles. The Balaban J connectivity index is 2.36. The highest BCUT2D eigenvalue weighted by Crippen LogP contribution is 2.33. The lowest BCUT2D eigenvalue weighted by molar-refractivity contribution is 0.631. The standard InChI is InChI=1S/C13H9ClFN3/c14-8-4-3-5-9(15)11(8)12-13(16)18-7-2-1-6-10(18)17-12/h1-7H,16H2. The first-order chi connectivity index (χ1) is 8.68. The molecule has 3 nitrogen and oxygen atoms in total. The molecule has 0 amide bonds. The van der Waals surface area contributed by atoms with Gasteiger partial charge in [0.1, 0.15) is 23.0 Å². The van der Waals surface area contributed by atoms with Crippen LogP contribution in [0, 0.1) is 5.82 Å². The molecule has 2 N–H and O–H groups in total. The maximum Gasteiger partial charge on any atom is 0.139 e. The summed E-state index contributed by atoms with van der Waals surface area (Å²) in [4.78, 5) is 4.32. The minimum Gasteiger partial charge on any atom is -0.383 e. The number of hydrogen-bond acceptors (Lipinski definition) is 2. The van der Waals surface area contributed by atoms with Gasteiger partial charge in [0, 0.05) is 6.20 Å². The van der Waals surface area contributed by atoms with Gasteiger partial charge in [-0.2, -0.15) is 0 Å². The first kappa shape index (κ1) is 11.0. The van der Waals surface area contributed by atoms with Gasteiger partial charge in [-0.3, -0.25) is 4.40 Å². The van der Waals surface area contributed by atoms with Gasteiger partial charge < -0.3 is 5.73 Å². The number of nitrogens with two attached hydrogens (primary N) is 1. The molecule has 2 aromatic heterocycles. The van der Waals surface area contributed by atoms with Gasteiger partial charge in [0.15, 0.2) is 0 Å². The quantitative estimate of drug-likeness (QED) is 0.730. The van der Waals surface area contributed by atoms with Crippen molar-refractivity contribution in [3.63, 3.8) is 0 Å². The Morgan fingerprint density at radius 2 is 2.00 bits per heavy atom. The van der Waals surface area contributed by atoms with Crippen LogP contribution in [0.2, 0.25) is 5.02 Å². The molecule has 0 aliphatic rings. The molecule has 0 radical (unpaired) electrons. The van der Waals surface area contributed by atoms with Gasteiger partial charge in [-0.25, -0.2) is 9.37 Å². The molecule has 0 fully saturated rings. The molecule has 90 valence electrons. The Hall–Kier alpha value is -2.07. The van der Waals surface area contributed by atoms with Crippen LogP contribution in [0.1, 0.15) is 0 Å². The molecule has 0 bridgehead atoms. The predicted octanol–water partition coefficient (Wildman–Crippen LogP) is 3.38. The van der Waals surface area contributed by atoms with Gasteiger partial charge in [-0.15, -0.1) is 0 Å². The lowest BCUT2D eigenvalue weighted by Gasteiger charge is -2.03. The van der Waals surface area contributed by atoms with Crippen molar-refractivity contribution in [2.24, 2.45) is 0 Å². The van der Waals surface area contributed by atoms with Crippen LogP contribution in [0.3, 0.4) is 0 Å². The topological polar surface area (TPSA) is 43.3 Å². The van der Waals surface area contributed by atoms with E-state index >= 15 is 0 Å². The number of pyridine rings is 1. The highest BCUT2D eigenvalue weighted by atomic mass is 35.5. The zero-order chi connectivity index (χ0) is 12.7. The number of imidazole rings is 1. The minimum absolute atomic E-state index is 0.236. The fraction of sp³-hybridized carbons (Fsp3) is 0. The first-order valence-corrected chi connectivity index (χ1v) is 5.73. The molecule has 0 spiro atoms. The summed E-state index contributed by atoms with van der Waals surface area (Å²) in [6, 6.07) is 9.97. The van der Waals surface area contributed by atoms with E-state index in [0.29, 0.717) is 22.2 Å². The summed E-state index contributed by atoms with van der Waals surface area (Å²) in [5.41, 5.74) is 7.24. The number of fused-ring (bicyclic) bond motifs is 1. The zero-order valence-corrected chi connectivity index (χ0v) is 10.0. The molecule has 0 unspecified atom stereocenters. The van der Waals surface area contributed by atoms with E-state index in [-0.39, 0.29) is 5.56 Å². The van der Waals surface area contributed by atoms with E-state index in [1.54, 1.807) is 28.8 Å². The van der Waals surface area contributed by atoms with Crippen LogP contribution in [-0.4, -0.2) is 9.38 Å². The van der Waals surface area contributed by atoms with Crippen molar-refractivity contribution >= 4 is 23.1 Å². The summed E-state index contributed by atoms with van der Waals surface area (Å²) in [5, 5.41) is 0.296. The predicted molar refractivity (Wildman–Crippen MR) is 70.0 cm³/mol. The molecular formula is C13H9ClFN3. The molecule has 0 aliphatic heterocycles. The molecule has 0 atom stereocenters. The molecule has 0 aliphatic carbocycles. The molecule has 3 aromatic rings. The Bertz CT molecular complexity index is 716. The molecule has 5 heteroatoms. The molecule has 2 heterocycles. The molecule has 0 saturated heterocycles. The maximum absolute atomic E-state index is 13.9. The molecule has 18 heavy (non-hydrogen) atoms. The second-order valence-corrected chi connectivity index (χ2v) is 4.28. The largest absolute Gasteiger partial charge is 0.383 e. The maximum atomic E-state index is 13.9. The van der Waals surface area contributed by atoms with E-state index in [9.17, 15) is 4.39 Å². The third kappa shape index (κ3) is 1.54. The van der Waals surface area contributed by atoms with E-state index in [1.807, 2.05) is 12.1 Å². The van der Waals surface area contributed by atoms with E-state index in [1.165, 1.54) is 6.07 Å². The first-order valence-electron chi connectivity index (χ1n) is 5.35. The smallest absolute Gasteiger partial charge is 0.139 e. The van der Waals surface area contributed by atoms with Crippen molar-refractivity contribution in [3.8, 4) is 11.3 Å². The summed E-state index contributed by atoms with van der Waals surface area (Å²) < 4.78 is 15.5. The highest BCUT2D eigenvalue weighted by Gasteiger charge is 2.17. The van der Waals surface area contributed by atoms with Gasteiger partial charge in [-0.1, -0.05) is 23.7 Å². The number of halogens is 2. The second-order valence-electron chi connectivity index (χ2n) is 3.87. The van der Waals surface area contributed by atoms with Crippen molar-refractivity contribution in [2.75, 3.05) is 5.73 Å². The van der Waals surface area contributed by atoms with Gasteiger partial charge in [0.25, 0.3) is 0 Å². The van der Waals surface area contributed by atoms with Crippen molar-refractivity contribution in [1.29, 1.82) is 0 Å². The number of benzene rings is 1. The average molecular weight is 262 g/mol. The van der Waals surface area contributed by atoms with Crippen LogP contribution >= 0.6 is 11.6 Å². The number of nitrogen functional groups attached to an aromatic ring is 1. The fourth-order valence-electron chi connectivity index (χ4n) is 1.92. The van der Waals surface area contributed by atoms with E-state index in [2.05, 4.69) is 4.98 Å². The zero-order valence-electron chi connectivity index (χ0n) is 9.27.